The third-order valence-electron chi connectivity index (χ3n) is 1.36. The van der Waals surface area contributed by atoms with E-state index in [-0.39, 0.29) is 0 Å². The summed E-state index contributed by atoms with van der Waals surface area (Å²) in [4.78, 5) is 14.1. The second-order valence-corrected chi connectivity index (χ2v) is 3.41. The Labute approximate surface area is 89.9 Å². The zero-order chi connectivity index (χ0) is 10.4. The van der Waals surface area contributed by atoms with Crippen molar-refractivity contribution in [3.8, 4) is 0 Å². The Bertz CT molecular complexity index is 385. The van der Waals surface area contributed by atoms with Gasteiger partial charge in [-0.15, -0.1) is 0 Å². The highest BCUT2D eigenvalue weighted by molar-refractivity contribution is 9.10. The van der Waals surface area contributed by atoms with Crippen LogP contribution in [0, 0.1) is 0 Å². The summed E-state index contributed by atoms with van der Waals surface area (Å²) in [5, 5.41) is 8.31. The summed E-state index contributed by atoms with van der Waals surface area (Å²) < 4.78 is 0.891. The second-order valence-electron chi connectivity index (χ2n) is 2.49. The van der Waals surface area contributed by atoms with Crippen molar-refractivity contribution in [3.63, 3.8) is 0 Å². The summed E-state index contributed by atoms with van der Waals surface area (Å²) in [6.07, 6.45) is 9.33. The van der Waals surface area contributed by atoms with E-state index < -0.39 is 5.97 Å². The highest BCUT2D eigenvalue weighted by Crippen LogP contribution is 2.10. The van der Waals surface area contributed by atoms with Crippen molar-refractivity contribution in [2.24, 2.45) is 0 Å². The Morgan fingerprint density at radius 3 is 2.86 bits per heavy atom. The van der Waals surface area contributed by atoms with Crippen LogP contribution in [0.3, 0.4) is 0 Å². The molecule has 0 aromatic carbocycles. The predicted octanol–water partition coefficient (Wildman–Crippen LogP) is 2.50. The Balaban J connectivity index is 2.64. The molecule has 1 heterocycles. The molecular weight excluding hydrogens is 246 g/mol. The smallest absolute Gasteiger partial charge is 0.328 e. The van der Waals surface area contributed by atoms with Gasteiger partial charge in [0.05, 0.1) is 0 Å². The van der Waals surface area contributed by atoms with Crippen molar-refractivity contribution in [2.75, 3.05) is 0 Å². The fourth-order valence-electron chi connectivity index (χ4n) is 0.824. The van der Waals surface area contributed by atoms with Gasteiger partial charge < -0.3 is 5.11 Å². The molecule has 72 valence electrons. The molecule has 0 unspecified atom stereocenters. The van der Waals surface area contributed by atoms with Gasteiger partial charge in [-0.1, -0.05) is 18.2 Å². The van der Waals surface area contributed by atoms with E-state index in [2.05, 4.69) is 20.9 Å². The number of nitrogens with zero attached hydrogens (tertiary/aromatic N) is 1. The molecule has 0 saturated heterocycles. The second kappa shape index (κ2) is 5.34. The molecule has 0 aliphatic heterocycles. The van der Waals surface area contributed by atoms with Gasteiger partial charge in [0.1, 0.15) is 0 Å². The van der Waals surface area contributed by atoms with Crippen molar-refractivity contribution in [2.45, 2.75) is 0 Å². The molecule has 0 fully saturated rings. The molecule has 0 radical (unpaired) electrons. The van der Waals surface area contributed by atoms with Crippen LogP contribution in [0.4, 0.5) is 0 Å². The first-order valence-corrected chi connectivity index (χ1v) is 4.66. The topological polar surface area (TPSA) is 50.2 Å². The Morgan fingerprint density at radius 1 is 1.43 bits per heavy atom. The first-order chi connectivity index (χ1) is 6.68. The fourth-order valence-corrected chi connectivity index (χ4v) is 1.21. The number of allylic oxidation sites excluding steroid dienone is 2. The lowest BCUT2D eigenvalue weighted by Gasteiger charge is -1.91. The lowest BCUT2D eigenvalue weighted by atomic mass is 10.2. The number of carboxylic acid groups (broad SMARTS) is 1. The molecule has 0 atom stereocenters. The Kier molecular flexibility index (Phi) is 4.07. The number of carbonyl (C=O) groups is 1. The third kappa shape index (κ3) is 4.00. The van der Waals surface area contributed by atoms with Crippen LogP contribution in [0.25, 0.3) is 6.08 Å². The van der Waals surface area contributed by atoms with E-state index in [9.17, 15) is 4.79 Å². The van der Waals surface area contributed by atoms with Crippen molar-refractivity contribution < 1.29 is 9.90 Å². The van der Waals surface area contributed by atoms with Crippen molar-refractivity contribution in [1.29, 1.82) is 0 Å². The largest absolute Gasteiger partial charge is 0.478 e. The minimum absolute atomic E-state index is 0.891. The highest BCUT2D eigenvalue weighted by Gasteiger charge is 1.88. The average Bonchev–Trinajstić information content (AvgIpc) is 2.12. The van der Waals surface area contributed by atoms with E-state index in [4.69, 9.17) is 5.11 Å². The maximum Gasteiger partial charge on any atom is 0.328 e. The van der Waals surface area contributed by atoms with Gasteiger partial charge in [-0.3, -0.25) is 4.98 Å². The minimum Gasteiger partial charge on any atom is -0.478 e. The summed E-state index contributed by atoms with van der Waals surface area (Å²) in [5.74, 6) is -0.956. The summed E-state index contributed by atoms with van der Waals surface area (Å²) in [6, 6.07) is 1.89. The van der Waals surface area contributed by atoms with Gasteiger partial charge in [-0.25, -0.2) is 4.79 Å². The molecule has 1 aromatic heterocycles. The number of hydrogen-bond donors (Lipinski definition) is 1. The van der Waals surface area contributed by atoms with Crippen molar-refractivity contribution in [3.05, 3.63) is 46.7 Å². The molecule has 14 heavy (non-hydrogen) atoms. The molecule has 3 nitrogen and oxygen atoms in total. The third-order valence-corrected chi connectivity index (χ3v) is 1.80. The maximum absolute atomic E-state index is 10.1. The van der Waals surface area contributed by atoms with Crippen LogP contribution < -0.4 is 0 Å². The van der Waals surface area contributed by atoms with E-state index in [1.54, 1.807) is 24.5 Å². The van der Waals surface area contributed by atoms with E-state index in [1.807, 2.05) is 6.07 Å². The van der Waals surface area contributed by atoms with Gasteiger partial charge in [-0.2, -0.15) is 0 Å². The lowest BCUT2D eigenvalue weighted by Crippen LogP contribution is -1.84. The molecule has 0 saturated carbocycles. The zero-order valence-corrected chi connectivity index (χ0v) is 8.81. The highest BCUT2D eigenvalue weighted by atomic mass is 79.9. The fraction of sp³-hybridized carbons (Fsp3) is 0. The molecule has 0 amide bonds. The number of aromatic nitrogens is 1. The molecule has 1 rings (SSSR count). The van der Waals surface area contributed by atoms with Crippen LogP contribution in [0.15, 0.2) is 41.2 Å². The quantitative estimate of drug-likeness (QED) is 0.666. The molecule has 1 aromatic rings. The SMILES string of the molecule is O=C(O)/C=C/C=C/c1cncc(Br)c1. The Hall–Kier alpha value is -1.42. The number of halogens is 1. The molecule has 0 spiro atoms. The molecule has 4 heteroatoms. The monoisotopic (exact) mass is 253 g/mol. The van der Waals surface area contributed by atoms with Crippen LogP contribution in [0.1, 0.15) is 5.56 Å². The first kappa shape index (κ1) is 10.7. The van der Waals surface area contributed by atoms with Crippen LogP contribution in [-0.2, 0) is 4.79 Å². The minimum atomic E-state index is -0.956. The molecule has 0 aliphatic rings. The zero-order valence-electron chi connectivity index (χ0n) is 7.22. The number of hydrogen-bond acceptors (Lipinski definition) is 2. The van der Waals surface area contributed by atoms with Gasteiger partial charge in [0.15, 0.2) is 0 Å². The van der Waals surface area contributed by atoms with Crippen molar-refractivity contribution in [1.82, 2.24) is 4.98 Å². The summed E-state index contributed by atoms with van der Waals surface area (Å²) in [7, 11) is 0. The molecule has 1 N–H and O–H groups in total. The van der Waals surface area contributed by atoms with E-state index in [0.717, 1.165) is 16.1 Å². The molecule has 0 aliphatic carbocycles. The lowest BCUT2D eigenvalue weighted by molar-refractivity contribution is -0.131. The van der Waals surface area contributed by atoms with Crippen LogP contribution >= 0.6 is 15.9 Å². The summed E-state index contributed by atoms with van der Waals surface area (Å²) in [5.41, 5.74) is 0.911. The van der Waals surface area contributed by atoms with Gasteiger partial charge in [-0.05, 0) is 27.6 Å². The normalized spacial score (nSPS) is 11.2. The van der Waals surface area contributed by atoms with Gasteiger partial charge in [0, 0.05) is 22.9 Å². The first-order valence-electron chi connectivity index (χ1n) is 3.87. The van der Waals surface area contributed by atoms with Crippen LogP contribution in [0.2, 0.25) is 0 Å². The van der Waals surface area contributed by atoms with E-state index >= 15 is 0 Å². The number of carboxylic acids is 1. The van der Waals surface area contributed by atoms with E-state index in [0.29, 0.717) is 0 Å². The summed E-state index contributed by atoms with van der Waals surface area (Å²) in [6.45, 7) is 0. The maximum atomic E-state index is 10.1. The van der Waals surface area contributed by atoms with Gasteiger partial charge in [0.25, 0.3) is 0 Å². The van der Waals surface area contributed by atoms with Gasteiger partial charge in [0.2, 0.25) is 0 Å². The molecule has 0 bridgehead atoms. The van der Waals surface area contributed by atoms with Crippen molar-refractivity contribution >= 4 is 28.0 Å². The Morgan fingerprint density at radius 2 is 2.21 bits per heavy atom. The van der Waals surface area contributed by atoms with E-state index in [1.165, 1.54) is 6.08 Å². The summed E-state index contributed by atoms with van der Waals surface area (Å²) >= 11 is 3.29. The van der Waals surface area contributed by atoms with Gasteiger partial charge >= 0.3 is 5.97 Å². The average molecular weight is 254 g/mol. The number of rotatable bonds is 3. The van der Waals surface area contributed by atoms with Crippen LogP contribution in [0.5, 0.6) is 0 Å². The number of aliphatic carboxylic acids is 1. The molecular formula is C10H8BrNO2. The number of pyridine rings is 1. The predicted molar refractivity (Wildman–Crippen MR) is 57.7 cm³/mol. The van der Waals surface area contributed by atoms with Crippen LogP contribution in [-0.4, -0.2) is 16.1 Å². The standard InChI is InChI=1S/C10H8BrNO2/c11-9-5-8(6-12-7-9)3-1-2-4-10(13)14/h1-7H,(H,13,14)/b3-1+,4-2+.